The number of methoxy groups -OCH3 is 1. The summed E-state index contributed by atoms with van der Waals surface area (Å²) in [6, 6.07) is 29.8. The number of rotatable bonds is 3. The van der Waals surface area contributed by atoms with E-state index in [1.165, 1.54) is 32.7 Å². The van der Waals surface area contributed by atoms with E-state index >= 15 is 0 Å². The second-order valence-electron chi connectivity index (χ2n) is 5.75. The Morgan fingerprint density at radius 3 is 1.48 bits per heavy atom. The summed E-state index contributed by atoms with van der Waals surface area (Å²) < 4.78 is 5.94. The molecule has 0 bridgehead atoms. The van der Waals surface area contributed by atoms with Crippen molar-refractivity contribution < 1.29 is 4.74 Å². The Morgan fingerprint density at radius 1 is 0.565 bits per heavy atom. The minimum Gasteiger partial charge on any atom is -0.372 e. The third kappa shape index (κ3) is 2.39. The van der Waals surface area contributed by atoms with Gasteiger partial charge in [-0.25, -0.2) is 0 Å². The fourth-order valence-corrected chi connectivity index (χ4v) is 3.38. The summed E-state index contributed by atoms with van der Waals surface area (Å²) in [6.07, 6.45) is -0.0767. The molecule has 0 aliphatic heterocycles. The zero-order valence-electron chi connectivity index (χ0n) is 13.1. The summed E-state index contributed by atoms with van der Waals surface area (Å²) in [6.45, 7) is 0. The Kier molecular flexibility index (Phi) is 3.57. The molecule has 1 nitrogen and oxygen atoms in total. The van der Waals surface area contributed by atoms with Crippen molar-refractivity contribution in [3.63, 3.8) is 0 Å². The SMILES string of the molecule is COC(c1cccc2ccccc12)c1cccc2ccccc12. The van der Waals surface area contributed by atoms with Crippen molar-refractivity contribution in [2.75, 3.05) is 7.11 Å². The Morgan fingerprint density at radius 2 is 1.00 bits per heavy atom. The van der Waals surface area contributed by atoms with Gasteiger partial charge in [-0.05, 0) is 32.7 Å². The van der Waals surface area contributed by atoms with Gasteiger partial charge in [0.15, 0.2) is 0 Å². The summed E-state index contributed by atoms with van der Waals surface area (Å²) in [7, 11) is 1.79. The van der Waals surface area contributed by atoms with E-state index in [4.69, 9.17) is 4.74 Å². The molecular weight excluding hydrogens is 280 g/mol. The van der Waals surface area contributed by atoms with Crippen molar-refractivity contribution >= 4 is 21.5 Å². The first-order valence-corrected chi connectivity index (χ1v) is 7.86. The summed E-state index contributed by atoms with van der Waals surface area (Å²) in [5.41, 5.74) is 2.42. The molecule has 0 spiro atoms. The summed E-state index contributed by atoms with van der Waals surface area (Å²) in [5, 5.41) is 4.98. The highest BCUT2D eigenvalue weighted by molar-refractivity contribution is 5.89. The van der Waals surface area contributed by atoms with Gasteiger partial charge in [-0.15, -0.1) is 0 Å². The molecule has 0 amide bonds. The summed E-state index contributed by atoms with van der Waals surface area (Å²) in [4.78, 5) is 0. The van der Waals surface area contributed by atoms with Crippen LogP contribution in [0, 0.1) is 0 Å². The molecule has 0 aromatic heterocycles. The smallest absolute Gasteiger partial charge is 0.108 e. The molecule has 0 saturated heterocycles. The zero-order chi connectivity index (χ0) is 15.6. The first-order chi connectivity index (χ1) is 11.4. The molecule has 0 saturated carbocycles. The van der Waals surface area contributed by atoms with Gasteiger partial charge in [0.2, 0.25) is 0 Å². The van der Waals surface area contributed by atoms with E-state index in [1.807, 2.05) is 0 Å². The van der Waals surface area contributed by atoms with Gasteiger partial charge < -0.3 is 4.74 Å². The van der Waals surface area contributed by atoms with E-state index in [1.54, 1.807) is 7.11 Å². The molecule has 112 valence electrons. The van der Waals surface area contributed by atoms with Crippen molar-refractivity contribution in [1.29, 1.82) is 0 Å². The van der Waals surface area contributed by atoms with Crippen LogP contribution in [0.4, 0.5) is 0 Å². The minimum atomic E-state index is -0.0767. The number of benzene rings is 4. The Labute approximate surface area is 136 Å². The monoisotopic (exact) mass is 298 g/mol. The molecule has 4 rings (SSSR count). The van der Waals surface area contributed by atoms with E-state index in [-0.39, 0.29) is 6.10 Å². The molecule has 0 aliphatic carbocycles. The first kappa shape index (κ1) is 14.0. The van der Waals surface area contributed by atoms with Crippen molar-refractivity contribution in [3.05, 3.63) is 96.1 Å². The summed E-state index contributed by atoms with van der Waals surface area (Å²) >= 11 is 0. The van der Waals surface area contributed by atoms with Crippen molar-refractivity contribution in [3.8, 4) is 0 Å². The van der Waals surface area contributed by atoms with Crippen LogP contribution in [0.25, 0.3) is 21.5 Å². The van der Waals surface area contributed by atoms with E-state index in [0.29, 0.717) is 0 Å². The van der Waals surface area contributed by atoms with Crippen LogP contribution in [0.2, 0.25) is 0 Å². The van der Waals surface area contributed by atoms with E-state index in [0.717, 1.165) is 0 Å². The van der Waals surface area contributed by atoms with Gasteiger partial charge in [0.25, 0.3) is 0 Å². The lowest BCUT2D eigenvalue weighted by Crippen LogP contribution is -2.05. The topological polar surface area (TPSA) is 9.23 Å². The molecule has 4 aromatic rings. The molecule has 0 radical (unpaired) electrons. The molecule has 4 aromatic carbocycles. The Hall–Kier alpha value is -2.64. The van der Waals surface area contributed by atoms with Gasteiger partial charge in [0, 0.05) is 7.11 Å². The lowest BCUT2D eigenvalue weighted by atomic mass is 9.92. The number of hydrogen-bond donors (Lipinski definition) is 0. The highest BCUT2D eigenvalue weighted by Crippen LogP contribution is 2.34. The molecule has 1 heteroatoms. The molecular formula is C22H18O. The maximum absolute atomic E-state index is 5.94. The molecule has 0 unspecified atom stereocenters. The van der Waals surface area contributed by atoms with Crippen LogP contribution in [0.1, 0.15) is 17.2 Å². The van der Waals surface area contributed by atoms with Crippen molar-refractivity contribution in [2.24, 2.45) is 0 Å². The lowest BCUT2D eigenvalue weighted by Gasteiger charge is -2.20. The van der Waals surface area contributed by atoms with E-state index < -0.39 is 0 Å². The van der Waals surface area contributed by atoms with Crippen LogP contribution in [-0.4, -0.2) is 7.11 Å². The lowest BCUT2D eigenvalue weighted by molar-refractivity contribution is 0.139. The fourth-order valence-electron chi connectivity index (χ4n) is 3.38. The van der Waals surface area contributed by atoms with Crippen molar-refractivity contribution in [1.82, 2.24) is 0 Å². The third-order valence-electron chi connectivity index (χ3n) is 4.45. The third-order valence-corrected chi connectivity index (χ3v) is 4.45. The molecule has 0 atom stereocenters. The van der Waals surface area contributed by atoms with Gasteiger partial charge in [-0.2, -0.15) is 0 Å². The molecule has 23 heavy (non-hydrogen) atoms. The van der Waals surface area contributed by atoms with Crippen LogP contribution in [-0.2, 0) is 4.74 Å². The average Bonchev–Trinajstić information content (AvgIpc) is 2.63. The standard InChI is InChI=1S/C22H18O/c1-23-22(20-14-6-10-16-8-2-4-12-18(16)20)21-15-7-11-17-9-3-5-13-19(17)21/h2-15,22H,1H3. The van der Waals surface area contributed by atoms with Crippen LogP contribution in [0.5, 0.6) is 0 Å². The van der Waals surface area contributed by atoms with Crippen LogP contribution >= 0.6 is 0 Å². The number of fused-ring (bicyclic) bond motifs is 2. The van der Waals surface area contributed by atoms with Crippen LogP contribution < -0.4 is 0 Å². The molecule has 0 aliphatic rings. The summed E-state index contributed by atoms with van der Waals surface area (Å²) in [5.74, 6) is 0. The zero-order valence-corrected chi connectivity index (χ0v) is 13.1. The second-order valence-corrected chi connectivity index (χ2v) is 5.75. The Bertz CT molecular complexity index is 882. The van der Waals surface area contributed by atoms with Gasteiger partial charge in [-0.3, -0.25) is 0 Å². The Balaban J connectivity index is 1.97. The highest BCUT2D eigenvalue weighted by atomic mass is 16.5. The van der Waals surface area contributed by atoms with Gasteiger partial charge in [0.05, 0.1) is 0 Å². The number of hydrogen-bond acceptors (Lipinski definition) is 1. The number of ether oxygens (including phenoxy) is 1. The maximum Gasteiger partial charge on any atom is 0.108 e. The van der Waals surface area contributed by atoms with E-state index in [9.17, 15) is 0 Å². The van der Waals surface area contributed by atoms with Crippen LogP contribution in [0.3, 0.4) is 0 Å². The van der Waals surface area contributed by atoms with Crippen LogP contribution in [0.15, 0.2) is 84.9 Å². The first-order valence-electron chi connectivity index (χ1n) is 7.86. The van der Waals surface area contributed by atoms with Gasteiger partial charge >= 0.3 is 0 Å². The minimum absolute atomic E-state index is 0.0767. The maximum atomic E-state index is 5.94. The molecule has 0 N–H and O–H groups in total. The second kappa shape index (κ2) is 5.86. The highest BCUT2D eigenvalue weighted by Gasteiger charge is 2.18. The normalized spacial score (nSPS) is 11.4. The van der Waals surface area contributed by atoms with Crippen molar-refractivity contribution in [2.45, 2.75) is 6.10 Å². The molecule has 0 heterocycles. The molecule has 0 fully saturated rings. The quantitative estimate of drug-likeness (QED) is 0.469. The largest absolute Gasteiger partial charge is 0.372 e. The van der Waals surface area contributed by atoms with Gasteiger partial charge in [-0.1, -0.05) is 84.9 Å². The average molecular weight is 298 g/mol. The van der Waals surface area contributed by atoms with E-state index in [2.05, 4.69) is 84.9 Å². The predicted molar refractivity (Wildman–Crippen MR) is 96.7 cm³/mol. The van der Waals surface area contributed by atoms with Gasteiger partial charge in [0.1, 0.15) is 6.10 Å². The predicted octanol–water partition coefficient (Wildman–Crippen LogP) is 5.73. The fraction of sp³-hybridized carbons (Fsp3) is 0.0909.